The summed E-state index contributed by atoms with van der Waals surface area (Å²) in [6, 6.07) is 15.7. The molecule has 2 amide bonds. The Hall–Kier alpha value is -2.53. The lowest BCUT2D eigenvalue weighted by atomic mass is 9.80. The van der Waals surface area contributed by atoms with Crippen LogP contribution in [0.3, 0.4) is 0 Å². The van der Waals surface area contributed by atoms with Gasteiger partial charge in [0.2, 0.25) is 0 Å². The Balaban J connectivity index is 1.51. The van der Waals surface area contributed by atoms with Gasteiger partial charge in [0.05, 0.1) is 6.04 Å². The zero-order valence-corrected chi connectivity index (χ0v) is 16.0. The Morgan fingerprint density at radius 1 is 1.11 bits per heavy atom. The standard InChI is InChI=1S/C22H27N3O2/c1-16-7-9-17(10-8-16)23-21(26)24-19-15-22(11-13-25(2)14-12-22)27-20-6-4-3-5-18(19)20/h3-10,19H,11-15H2,1-2H3,(H2,23,24,26)/t19-/m0/s1. The second-order valence-corrected chi connectivity index (χ2v) is 7.85. The van der Waals surface area contributed by atoms with Crippen molar-refractivity contribution in [3.05, 3.63) is 59.7 Å². The molecule has 1 atom stereocenters. The van der Waals surface area contributed by atoms with E-state index in [1.54, 1.807) is 0 Å². The largest absolute Gasteiger partial charge is 0.487 e. The number of aryl methyl sites for hydroxylation is 1. The Morgan fingerprint density at radius 2 is 1.81 bits per heavy atom. The van der Waals surface area contributed by atoms with Gasteiger partial charge in [0.1, 0.15) is 11.4 Å². The van der Waals surface area contributed by atoms with Crippen LogP contribution < -0.4 is 15.4 Å². The number of anilines is 1. The summed E-state index contributed by atoms with van der Waals surface area (Å²) < 4.78 is 6.45. The number of carbonyl (C=O) groups is 1. The normalized spacial score (nSPS) is 21.2. The lowest BCUT2D eigenvalue weighted by Crippen LogP contribution is -2.51. The van der Waals surface area contributed by atoms with Gasteiger partial charge >= 0.3 is 6.03 Å². The van der Waals surface area contributed by atoms with E-state index in [1.807, 2.05) is 55.5 Å². The van der Waals surface area contributed by atoms with E-state index in [1.165, 1.54) is 5.56 Å². The molecule has 2 N–H and O–H groups in total. The van der Waals surface area contributed by atoms with Gasteiger partial charge < -0.3 is 20.3 Å². The summed E-state index contributed by atoms with van der Waals surface area (Å²) in [5, 5.41) is 6.12. The molecule has 0 saturated carbocycles. The van der Waals surface area contributed by atoms with E-state index in [0.717, 1.165) is 49.4 Å². The first-order valence-corrected chi connectivity index (χ1v) is 9.64. The van der Waals surface area contributed by atoms with Gasteiger partial charge in [0.15, 0.2) is 0 Å². The SMILES string of the molecule is Cc1ccc(NC(=O)N[C@H]2CC3(CCN(C)CC3)Oc3ccccc32)cc1. The van der Waals surface area contributed by atoms with Crippen molar-refractivity contribution in [2.75, 3.05) is 25.5 Å². The summed E-state index contributed by atoms with van der Waals surface area (Å²) in [5.41, 5.74) is 2.83. The number of rotatable bonds is 2. The van der Waals surface area contributed by atoms with Gasteiger partial charge in [-0.2, -0.15) is 0 Å². The number of ether oxygens (including phenoxy) is 1. The Labute approximate surface area is 160 Å². The number of amides is 2. The number of nitrogens with one attached hydrogen (secondary N) is 2. The summed E-state index contributed by atoms with van der Waals surface area (Å²) in [7, 11) is 2.15. The smallest absolute Gasteiger partial charge is 0.319 e. The van der Waals surface area contributed by atoms with Crippen molar-refractivity contribution in [1.29, 1.82) is 0 Å². The molecule has 2 aromatic carbocycles. The van der Waals surface area contributed by atoms with Crippen molar-refractivity contribution in [1.82, 2.24) is 10.2 Å². The van der Waals surface area contributed by atoms with E-state index in [-0.39, 0.29) is 17.7 Å². The zero-order chi connectivity index (χ0) is 18.9. The molecule has 2 heterocycles. The molecule has 4 rings (SSSR count). The van der Waals surface area contributed by atoms with E-state index < -0.39 is 0 Å². The van der Waals surface area contributed by atoms with E-state index in [9.17, 15) is 4.79 Å². The molecular formula is C22H27N3O2. The molecule has 0 aromatic heterocycles. The van der Waals surface area contributed by atoms with E-state index in [2.05, 4.69) is 22.6 Å². The van der Waals surface area contributed by atoms with Crippen LogP contribution in [-0.4, -0.2) is 36.7 Å². The minimum Gasteiger partial charge on any atom is -0.487 e. The van der Waals surface area contributed by atoms with E-state index in [4.69, 9.17) is 4.74 Å². The summed E-state index contributed by atoms with van der Waals surface area (Å²) in [6.45, 7) is 4.07. The maximum atomic E-state index is 12.6. The van der Waals surface area contributed by atoms with Gasteiger partial charge in [-0.15, -0.1) is 0 Å². The zero-order valence-electron chi connectivity index (χ0n) is 16.0. The minimum absolute atomic E-state index is 0.0520. The monoisotopic (exact) mass is 365 g/mol. The highest BCUT2D eigenvalue weighted by Crippen LogP contribution is 2.44. The van der Waals surface area contributed by atoms with Crippen molar-refractivity contribution in [2.24, 2.45) is 0 Å². The number of carbonyl (C=O) groups excluding carboxylic acids is 1. The lowest BCUT2D eigenvalue weighted by molar-refractivity contribution is -0.0188. The second kappa shape index (κ2) is 7.24. The number of likely N-dealkylation sites (tertiary alicyclic amines) is 1. The Morgan fingerprint density at radius 3 is 2.56 bits per heavy atom. The molecule has 27 heavy (non-hydrogen) atoms. The van der Waals surface area contributed by atoms with Crippen LogP contribution in [-0.2, 0) is 0 Å². The molecule has 5 heteroatoms. The summed E-state index contributed by atoms with van der Waals surface area (Å²) >= 11 is 0. The van der Waals surface area contributed by atoms with Crippen LogP contribution in [0.1, 0.15) is 36.4 Å². The number of hydrogen-bond donors (Lipinski definition) is 2. The third kappa shape index (κ3) is 3.93. The fourth-order valence-electron chi connectivity index (χ4n) is 4.04. The molecule has 1 fully saturated rings. The molecule has 2 aromatic rings. The number of urea groups is 1. The summed E-state index contributed by atoms with van der Waals surface area (Å²) in [6.07, 6.45) is 2.77. The van der Waals surface area contributed by atoms with Gasteiger partial charge in [0.25, 0.3) is 0 Å². The van der Waals surface area contributed by atoms with Crippen LogP contribution in [0.25, 0.3) is 0 Å². The van der Waals surface area contributed by atoms with E-state index >= 15 is 0 Å². The number of piperidine rings is 1. The third-order valence-corrected chi connectivity index (χ3v) is 5.71. The molecular weight excluding hydrogens is 338 g/mol. The van der Waals surface area contributed by atoms with Crippen LogP contribution in [0.15, 0.2) is 48.5 Å². The molecule has 142 valence electrons. The molecule has 2 aliphatic rings. The van der Waals surface area contributed by atoms with Crippen LogP contribution in [0, 0.1) is 6.92 Å². The first-order chi connectivity index (χ1) is 13.0. The predicted molar refractivity (Wildman–Crippen MR) is 107 cm³/mol. The maximum absolute atomic E-state index is 12.6. The van der Waals surface area contributed by atoms with Crippen LogP contribution in [0.2, 0.25) is 0 Å². The number of nitrogens with zero attached hydrogens (tertiary/aromatic N) is 1. The van der Waals surface area contributed by atoms with Crippen molar-refractivity contribution in [3.63, 3.8) is 0 Å². The molecule has 0 radical (unpaired) electrons. The predicted octanol–water partition coefficient (Wildman–Crippen LogP) is 4.10. The number of fused-ring (bicyclic) bond motifs is 1. The average Bonchev–Trinajstić information content (AvgIpc) is 2.66. The third-order valence-electron chi connectivity index (χ3n) is 5.71. The van der Waals surface area contributed by atoms with Crippen molar-refractivity contribution >= 4 is 11.7 Å². The first-order valence-electron chi connectivity index (χ1n) is 9.64. The van der Waals surface area contributed by atoms with Gasteiger partial charge in [-0.05, 0) is 45.0 Å². The molecule has 0 aliphatic carbocycles. The lowest BCUT2D eigenvalue weighted by Gasteiger charge is -2.46. The molecule has 0 unspecified atom stereocenters. The molecule has 2 aliphatic heterocycles. The maximum Gasteiger partial charge on any atom is 0.319 e. The summed E-state index contributed by atoms with van der Waals surface area (Å²) in [5.74, 6) is 0.897. The van der Waals surface area contributed by atoms with Crippen molar-refractivity contribution in [2.45, 2.75) is 37.8 Å². The fourth-order valence-corrected chi connectivity index (χ4v) is 4.04. The molecule has 0 bridgehead atoms. The van der Waals surface area contributed by atoms with Crippen LogP contribution in [0.5, 0.6) is 5.75 Å². The minimum atomic E-state index is -0.192. The van der Waals surface area contributed by atoms with Crippen LogP contribution in [0.4, 0.5) is 10.5 Å². The van der Waals surface area contributed by atoms with Gasteiger partial charge in [-0.25, -0.2) is 4.79 Å². The molecule has 1 spiro atoms. The average molecular weight is 365 g/mol. The van der Waals surface area contributed by atoms with Crippen molar-refractivity contribution in [3.8, 4) is 5.75 Å². The Kier molecular flexibility index (Phi) is 4.79. The van der Waals surface area contributed by atoms with Crippen molar-refractivity contribution < 1.29 is 9.53 Å². The quantitative estimate of drug-likeness (QED) is 0.842. The van der Waals surface area contributed by atoms with E-state index in [0.29, 0.717) is 0 Å². The topological polar surface area (TPSA) is 53.6 Å². The van der Waals surface area contributed by atoms with Gasteiger partial charge in [-0.3, -0.25) is 0 Å². The van der Waals surface area contributed by atoms with Crippen LogP contribution >= 0.6 is 0 Å². The number of hydrogen-bond acceptors (Lipinski definition) is 3. The highest BCUT2D eigenvalue weighted by Gasteiger charge is 2.43. The molecule has 5 nitrogen and oxygen atoms in total. The molecule has 1 saturated heterocycles. The Bertz CT molecular complexity index is 811. The van der Waals surface area contributed by atoms with Gasteiger partial charge in [0, 0.05) is 30.8 Å². The fraction of sp³-hybridized carbons (Fsp3) is 0.409. The summed E-state index contributed by atoms with van der Waals surface area (Å²) in [4.78, 5) is 15.0. The number of para-hydroxylation sites is 1. The number of benzene rings is 2. The second-order valence-electron chi connectivity index (χ2n) is 7.85. The van der Waals surface area contributed by atoms with Gasteiger partial charge in [-0.1, -0.05) is 35.9 Å². The highest BCUT2D eigenvalue weighted by molar-refractivity contribution is 5.89. The first kappa shape index (κ1) is 17.9. The highest BCUT2D eigenvalue weighted by atomic mass is 16.5.